The van der Waals surface area contributed by atoms with Crippen molar-refractivity contribution in [2.24, 2.45) is 0 Å². The first kappa shape index (κ1) is 22.8. The molecule has 2 N–H and O–H groups in total. The minimum Gasteiger partial charge on any atom is -0.486 e. The highest BCUT2D eigenvalue weighted by Crippen LogP contribution is 2.30. The van der Waals surface area contributed by atoms with Crippen LogP contribution in [0.3, 0.4) is 0 Å². The zero-order chi connectivity index (χ0) is 23.5. The molecule has 0 aliphatic carbocycles. The molecule has 0 amide bonds. The molecule has 0 saturated heterocycles. The summed E-state index contributed by atoms with van der Waals surface area (Å²) >= 11 is 7.24. The van der Waals surface area contributed by atoms with Crippen molar-refractivity contribution in [2.75, 3.05) is 0 Å². The van der Waals surface area contributed by atoms with E-state index in [1.54, 1.807) is 12.1 Å². The number of hydrogen-bond acceptors (Lipinski definition) is 5. The first-order chi connectivity index (χ1) is 15.9. The molecule has 0 aliphatic heterocycles. The quantitative estimate of drug-likeness (QED) is 0.348. The number of benzene rings is 2. The summed E-state index contributed by atoms with van der Waals surface area (Å²) in [7, 11) is 0. The number of carboxylic acid groups (broad SMARTS) is 1. The van der Waals surface area contributed by atoms with Crippen molar-refractivity contribution in [1.29, 1.82) is 0 Å². The fourth-order valence-electron chi connectivity index (χ4n) is 3.67. The maximum absolute atomic E-state index is 13.2. The number of nitrogens with zero attached hydrogens (tertiary/aromatic N) is 1. The number of fused-ring (bicyclic) bond motifs is 1. The number of aromatic carboxylic acids is 1. The van der Waals surface area contributed by atoms with Gasteiger partial charge in [0.1, 0.15) is 16.7 Å². The van der Waals surface area contributed by atoms with Crippen molar-refractivity contribution in [3.63, 3.8) is 0 Å². The molecule has 1 atom stereocenters. The van der Waals surface area contributed by atoms with Gasteiger partial charge in [0.05, 0.1) is 21.6 Å². The molecule has 2 heterocycles. The minimum absolute atomic E-state index is 0.0698. The number of ether oxygens (including phenoxy) is 1. The van der Waals surface area contributed by atoms with Crippen LogP contribution in [-0.4, -0.2) is 20.6 Å². The standard InChI is InChI=1S/C24H21ClN2O5S/c1-2-3-9-19(14-7-5-4-6-8-14)32-15-10-11-16(25)18(12-15)27-22(28)20-17(26-24(27)31)13-33-21(20)23(29)30/h4-8,10-13,19H,2-3,9H2,1H3,(H,26,31)(H,29,30). The molecule has 0 fully saturated rings. The van der Waals surface area contributed by atoms with Gasteiger partial charge in [-0.1, -0.05) is 55.3 Å². The third-order valence-corrected chi connectivity index (χ3v) is 6.56. The van der Waals surface area contributed by atoms with Crippen LogP contribution < -0.4 is 16.0 Å². The molecule has 2 aromatic carbocycles. The summed E-state index contributed by atoms with van der Waals surface area (Å²) in [5, 5.41) is 11.0. The number of halogens is 1. The van der Waals surface area contributed by atoms with Gasteiger partial charge in [-0.05, 0) is 30.5 Å². The van der Waals surface area contributed by atoms with Crippen molar-refractivity contribution in [3.8, 4) is 11.4 Å². The number of carbonyl (C=O) groups is 1. The summed E-state index contributed by atoms with van der Waals surface area (Å²) in [6.45, 7) is 2.10. The molecule has 4 rings (SSSR count). The molecule has 4 aromatic rings. The van der Waals surface area contributed by atoms with Gasteiger partial charge in [-0.25, -0.2) is 14.2 Å². The second-order valence-electron chi connectivity index (χ2n) is 7.50. The third-order valence-electron chi connectivity index (χ3n) is 5.27. The molecule has 7 nitrogen and oxygen atoms in total. The van der Waals surface area contributed by atoms with Crippen LogP contribution >= 0.6 is 22.9 Å². The summed E-state index contributed by atoms with van der Waals surface area (Å²) in [5.74, 6) is -0.801. The van der Waals surface area contributed by atoms with Crippen LogP contribution in [0.15, 0.2) is 63.5 Å². The number of rotatable bonds is 8. The number of aromatic amines is 1. The van der Waals surface area contributed by atoms with Crippen molar-refractivity contribution in [1.82, 2.24) is 9.55 Å². The van der Waals surface area contributed by atoms with Crippen LogP contribution in [0.4, 0.5) is 0 Å². The Kier molecular flexibility index (Phi) is 6.67. The maximum Gasteiger partial charge on any atom is 0.346 e. The lowest BCUT2D eigenvalue weighted by atomic mass is 10.0. The van der Waals surface area contributed by atoms with Crippen molar-refractivity contribution in [3.05, 3.63) is 90.2 Å². The van der Waals surface area contributed by atoms with E-state index < -0.39 is 17.2 Å². The Morgan fingerprint density at radius 2 is 1.97 bits per heavy atom. The second-order valence-corrected chi connectivity index (χ2v) is 8.79. The van der Waals surface area contributed by atoms with Crippen LogP contribution in [0.1, 0.15) is 47.5 Å². The highest BCUT2D eigenvalue weighted by atomic mass is 35.5. The first-order valence-corrected chi connectivity index (χ1v) is 11.7. The predicted molar refractivity (Wildman–Crippen MR) is 129 cm³/mol. The molecule has 0 saturated carbocycles. The van der Waals surface area contributed by atoms with E-state index >= 15 is 0 Å². The van der Waals surface area contributed by atoms with E-state index in [1.807, 2.05) is 30.3 Å². The molecule has 1 unspecified atom stereocenters. The Hall–Kier alpha value is -3.36. The van der Waals surface area contributed by atoms with Gasteiger partial charge in [0, 0.05) is 11.4 Å². The third kappa shape index (κ3) is 4.58. The molecule has 0 radical (unpaired) electrons. The molecule has 0 bridgehead atoms. The molecule has 2 aromatic heterocycles. The van der Waals surface area contributed by atoms with Crippen LogP contribution in [0.5, 0.6) is 5.75 Å². The van der Waals surface area contributed by atoms with E-state index in [0.717, 1.165) is 40.7 Å². The predicted octanol–water partition coefficient (Wildman–Crippen LogP) is 5.40. The van der Waals surface area contributed by atoms with Gasteiger partial charge in [-0.15, -0.1) is 11.3 Å². The molecule has 9 heteroatoms. The maximum atomic E-state index is 13.2. The summed E-state index contributed by atoms with van der Waals surface area (Å²) in [5.41, 5.74) is -0.157. The molecule has 0 spiro atoms. The van der Waals surface area contributed by atoms with Gasteiger partial charge in [-0.3, -0.25) is 4.79 Å². The Balaban J connectivity index is 1.80. The zero-order valence-electron chi connectivity index (χ0n) is 17.7. The fraction of sp³-hybridized carbons (Fsp3) is 0.208. The van der Waals surface area contributed by atoms with Crippen LogP contribution in [-0.2, 0) is 0 Å². The highest BCUT2D eigenvalue weighted by Gasteiger charge is 2.21. The number of unbranched alkanes of at least 4 members (excludes halogenated alkanes) is 1. The SMILES string of the molecule is CCCCC(Oc1ccc(Cl)c(-n2c(=O)[nH]c3csc(C(=O)O)c3c2=O)c1)c1ccccc1. The van der Waals surface area contributed by atoms with Gasteiger partial charge in [-0.2, -0.15) is 0 Å². The number of nitrogens with one attached hydrogen (secondary N) is 1. The lowest BCUT2D eigenvalue weighted by molar-refractivity contribution is 0.0704. The number of hydrogen-bond donors (Lipinski definition) is 2. The monoisotopic (exact) mass is 484 g/mol. The van der Waals surface area contributed by atoms with Crippen LogP contribution in [0.25, 0.3) is 16.6 Å². The van der Waals surface area contributed by atoms with E-state index in [1.165, 1.54) is 11.4 Å². The van der Waals surface area contributed by atoms with Crippen molar-refractivity contribution in [2.45, 2.75) is 32.3 Å². The molecule has 0 aliphatic rings. The Labute approximate surface area is 197 Å². The largest absolute Gasteiger partial charge is 0.486 e. The Morgan fingerprint density at radius 1 is 1.21 bits per heavy atom. The van der Waals surface area contributed by atoms with Gasteiger partial charge >= 0.3 is 11.7 Å². The lowest BCUT2D eigenvalue weighted by Crippen LogP contribution is -2.34. The Morgan fingerprint density at radius 3 is 2.67 bits per heavy atom. The average molecular weight is 485 g/mol. The molecule has 33 heavy (non-hydrogen) atoms. The zero-order valence-corrected chi connectivity index (χ0v) is 19.3. The van der Waals surface area contributed by atoms with E-state index in [-0.39, 0.29) is 32.6 Å². The molecular weight excluding hydrogens is 464 g/mol. The van der Waals surface area contributed by atoms with E-state index in [0.29, 0.717) is 5.75 Å². The highest BCUT2D eigenvalue weighted by molar-refractivity contribution is 7.13. The van der Waals surface area contributed by atoms with Gasteiger partial charge in [0.2, 0.25) is 0 Å². The van der Waals surface area contributed by atoms with E-state index in [4.69, 9.17) is 16.3 Å². The second kappa shape index (κ2) is 9.64. The van der Waals surface area contributed by atoms with Gasteiger partial charge in [0.15, 0.2) is 0 Å². The van der Waals surface area contributed by atoms with Crippen LogP contribution in [0, 0.1) is 0 Å². The minimum atomic E-state index is -1.24. The smallest absolute Gasteiger partial charge is 0.346 e. The van der Waals surface area contributed by atoms with Gasteiger partial charge in [0.25, 0.3) is 5.56 Å². The number of thiophene rings is 1. The topological polar surface area (TPSA) is 101 Å². The number of carboxylic acids is 1. The Bertz CT molecular complexity index is 1420. The fourth-order valence-corrected chi connectivity index (χ4v) is 4.70. The molecule has 170 valence electrons. The average Bonchev–Trinajstić information content (AvgIpc) is 3.23. The lowest BCUT2D eigenvalue weighted by Gasteiger charge is -2.20. The first-order valence-electron chi connectivity index (χ1n) is 10.4. The summed E-state index contributed by atoms with van der Waals surface area (Å²) in [4.78, 5) is 39.9. The summed E-state index contributed by atoms with van der Waals surface area (Å²) in [6.07, 6.45) is 2.55. The number of H-pyrrole nitrogens is 1. The van der Waals surface area contributed by atoms with Crippen molar-refractivity contribution >= 4 is 39.8 Å². The van der Waals surface area contributed by atoms with E-state index in [2.05, 4.69) is 11.9 Å². The molecular formula is C24H21ClN2O5S. The van der Waals surface area contributed by atoms with Crippen molar-refractivity contribution < 1.29 is 14.6 Å². The normalized spacial score (nSPS) is 12.1. The number of aromatic nitrogens is 2. The van der Waals surface area contributed by atoms with E-state index in [9.17, 15) is 19.5 Å². The summed E-state index contributed by atoms with van der Waals surface area (Å²) in [6, 6.07) is 14.6. The van der Waals surface area contributed by atoms with Gasteiger partial charge < -0.3 is 14.8 Å². The summed E-state index contributed by atoms with van der Waals surface area (Å²) < 4.78 is 7.10. The van der Waals surface area contributed by atoms with Crippen LogP contribution in [0.2, 0.25) is 5.02 Å².